The van der Waals surface area contributed by atoms with Gasteiger partial charge >= 0.3 is 0 Å². The Morgan fingerprint density at radius 2 is 1.95 bits per heavy atom. The van der Waals surface area contributed by atoms with Gasteiger partial charge in [0.2, 0.25) is 0 Å². The average molecular weight is 327 g/mol. The molecule has 0 aliphatic rings. The van der Waals surface area contributed by atoms with Crippen LogP contribution in [0.1, 0.15) is 5.01 Å². The van der Waals surface area contributed by atoms with Crippen molar-refractivity contribution in [2.24, 2.45) is 0 Å². The molecule has 0 fully saturated rings. The number of hydrogen-bond acceptors (Lipinski definition) is 6. The Kier molecular flexibility index (Phi) is 3.20. The first-order valence-corrected chi connectivity index (χ1v) is 8.44. The van der Waals surface area contributed by atoms with Crippen LogP contribution in [-0.2, 0) is 0 Å². The van der Waals surface area contributed by atoms with Gasteiger partial charge in [-0.15, -0.1) is 11.3 Å². The molecular formula is C16H13N3OS2. The molecule has 2 heterocycles. The van der Waals surface area contributed by atoms with Crippen LogP contribution in [0.4, 0.5) is 10.8 Å². The number of nitrogens with one attached hydrogen (secondary N) is 1. The predicted octanol–water partition coefficient (Wildman–Crippen LogP) is 4.97. The van der Waals surface area contributed by atoms with Crippen LogP contribution in [0.5, 0.6) is 5.75 Å². The van der Waals surface area contributed by atoms with Gasteiger partial charge in [-0.25, -0.2) is 9.97 Å². The van der Waals surface area contributed by atoms with Gasteiger partial charge in [0.1, 0.15) is 11.3 Å². The second-order valence-electron chi connectivity index (χ2n) is 4.87. The third-order valence-corrected chi connectivity index (χ3v) is 5.24. The normalized spacial score (nSPS) is 11.2. The van der Waals surface area contributed by atoms with E-state index < -0.39 is 0 Å². The molecule has 0 radical (unpaired) electrons. The van der Waals surface area contributed by atoms with Crippen molar-refractivity contribution < 1.29 is 4.74 Å². The SMILES string of the molecule is COc1cccc2sc(Nc3ccc4sc(C)nc4c3)nc12. The van der Waals surface area contributed by atoms with E-state index in [1.807, 2.05) is 25.1 Å². The summed E-state index contributed by atoms with van der Waals surface area (Å²) in [5.74, 6) is 0.798. The van der Waals surface area contributed by atoms with E-state index >= 15 is 0 Å². The lowest BCUT2D eigenvalue weighted by atomic mass is 10.3. The van der Waals surface area contributed by atoms with Gasteiger partial charge in [0.15, 0.2) is 5.13 Å². The van der Waals surface area contributed by atoms with Crippen molar-refractivity contribution in [2.45, 2.75) is 6.92 Å². The zero-order chi connectivity index (χ0) is 15.1. The van der Waals surface area contributed by atoms with Crippen molar-refractivity contribution in [1.29, 1.82) is 0 Å². The highest BCUT2D eigenvalue weighted by molar-refractivity contribution is 7.22. The van der Waals surface area contributed by atoms with Crippen molar-refractivity contribution in [3.63, 3.8) is 0 Å². The molecule has 2 aromatic carbocycles. The Balaban J connectivity index is 1.72. The monoisotopic (exact) mass is 327 g/mol. The summed E-state index contributed by atoms with van der Waals surface area (Å²) in [5.41, 5.74) is 2.91. The Bertz CT molecular complexity index is 974. The second-order valence-corrected chi connectivity index (χ2v) is 7.13. The number of fused-ring (bicyclic) bond motifs is 2. The molecule has 0 saturated heterocycles. The summed E-state index contributed by atoms with van der Waals surface area (Å²) in [7, 11) is 1.67. The van der Waals surface area contributed by atoms with Crippen molar-refractivity contribution in [2.75, 3.05) is 12.4 Å². The lowest BCUT2D eigenvalue weighted by Gasteiger charge is -2.01. The molecule has 0 aliphatic carbocycles. The Morgan fingerprint density at radius 3 is 2.82 bits per heavy atom. The zero-order valence-corrected chi connectivity index (χ0v) is 13.7. The number of anilines is 2. The molecule has 0 bridgehead atoms. The lowest BCUT2D eigenvalue weighted by Crippen LogP contribution is -1.89. The number of nitrogens with zero attached hydrogens (tertiary/aromatic N) is 2. The summed E-state index contributed by atoms with van der Waals surface area (Å²) >= 11 is 3.32. The summed E-state index contributed by atoms with van der Waals surface area (Å²) in [6.07, 6.45) is 0. The number of methoxy groups -OCH3 is 1. The topological polar surface area (TPSA) is 47.0 Å². The van der Waals surface area contributed by atoms with Crippen LogP contribution >= 0.6 is 22.7 Å². The molecule has 4 aromatic rings. The average Bonchev–Trinajstić information content (AvgIpc) is 3.08. The minimum atomic E-state index is 0.798. The molecule has 4 rings (SSSR count). The maximum absolute atomic E-state index is 5.36. The number of para-hydroxylation sites is 1. The molecule has 4 nitrogen and oxygen atoms in total. The van der Waals surface area contributed by atoms with Gasteiger partial charge in [-0.1, -0.05) is 17.4 Å². The third kappa shape index (κ3) is 2.30. The molecule has 0 saturated carbocycles. The molecular weight excluding hydrogens is 314 g/mol. The van der Waals surface area contributed by atoms with E-state index in [1.54, 1.807) is 29.8 Å². The van der Waals surface area contributed by atoms with Crippen LogP contribution in [0.25, 0.3) is 20.4 Å². The van der Waals surface area contributed by atoms with Crippen LogP contribution in [0, 0.1) is 6.92 Å². The van der Waals surface area contributed by atoms with E-state index in [1.165, 1.54) is 4.70 Å². The highest BCUT2D eigenvalue weighted by Gasteiger charge is 2.09. The van der Waals surface area contributed by atoms with Crippen LogP contribution in [0.2, 0.25) is 0 Å². The summed E-state index contributed by atoms with van der Waals surface area (Å²) in [4.78, 5) is 9.16. The maximum atomic E-state index is 5.36. The molecule has 6 heteroatoms. The Labute approximate surface area is 135 Å². The van der Waals surface area contributed by atoms with E-state index in [0.29, 0.717) is 0 Å². The van der Waals surface area contributed by atoms with Gasteiger partial charge in [0.25, 0.3) is 0 Å². The van der Waals surface area contributed by atoms with E-state index in [4.69, 9.17) is 4.74 Å². The predicted molar refractivity (Wildman–Crippen MR) is 93.8 cm³/mol. The number of ether oxygens (including phenoxy) is 1. The first-order valence-electron chi connectivity index (χ1n) is 6.81. The highest BCUT2D eigenvalue weighted by Crippen LogP contribution is 2.34. The van der Waals surface area contributed by atoms with Gasteiger partial charge < -0.3 is 10.1 Å². The quantitative estimate of drug-likeness (QED) is 0.577. The largest absolute Gasteiger partial charge is 0.494 e. The number of aryl methyl sites for hydroxylation is 1. The smallest absolute Gasteiger partial charge is 0.188 e. The van der Waals surface area contributed by atoms with E-state index in [0.717, 1.165) is 37.3 Å². The fraction of sp³-hybridized carbons (Fsp3) is 0.125. The zero-order valence-electron chi connectivity index (χ0n) is 12.1. The standard InChI is InChI=1S/C16H13N3OS2/c1-9-17-11-8-10(6-7-13(11)21-9)18-16-19-15-12(20-2)4-3-5-14(15)22-16/h3-8H,1-2H3,(H,18,19). The van der Waals surface area contributed by atoms with Crippen molar-refractivity contribution in [3.8, 4) is 5.75 Å². The fourth-order valence-corrected chi connectivity index (χ4v) is 4.10. The van der Waals surface area contributed by atoms with Crippen LogP contribution < -0.4 is 10.1 Å². The fourth-order valence-electron chi connectivity index (χ4n) is 2.39. The molecule has 110 valence electrons. The molecule has 0 atom stereocenters. The molecule has 22 heavy (non-hydrogen) atoms. The highest BCUT2D eigenvalue weighted by atomic mass is 32.1. The first kappa shape index (κ1) is 13.5. The van der Waals surface area contributed by atoms with Crippen molar-refractivity contribution in [3.05, 3.63) is 41.4 Å². The van der Waals surface area contributed by atoms with Crippen LogP contribution in [0.15, 0.2) is 36.4 Å². The van der Waals surface area contributed by atoms with Crippen molar-refractivity contribution in [1.82, 2.24) is 9.97 Å². The van der Waals surface area contributed by atoms with Crippen molar-refractivity contribution >= 4 is 53.9 Å². The Hall–Kier alpha value is -2.18. The van der Waals surface area contributed by atoms with E-state index in [2.05, 4.69) is 33.5 Å². The second kappa shape index (κ2) is 5.23. The van der Waals surface area contributed by atoms with Gasteiger partial charge in [0.05, 0.1) is 27.0 Å². The van der Waals surface area contributed by atoms with Gasteiger partial charge in [-0.05, 0) is 37.3 Å². The number of aromatic nitrogens is 2. The van der Waals surface area contributed by atoms with Gasteiger partial charge in [-0.3, -0.25) is 0 Å². The number of benzene rings is 2. The minimum Gasteiger partial charge on any atom is -0.494 e. The summed E-state index contributed by atoms with van der Waals surface area (Å²) in [6, 6.07) is 12.2. The lowest BCUT2D eigenvalue weighted by molar-refractivity contribution is 0.419. The van der Waals surface area contributed by atoms with Crippen LogP contribution in [-0.4, -0.2) is 17.1 Å². The molecule has 0 unspecified atom stereocenters. The van der Waals surface area contributed by atoms with Crippen LogP contribution in [0.3, 0.4) is 0 Å². The first-order chi connectivity index (χ1) is 10.7. The molecule has 0 aliphatic heterocycles. The molecule has 0 spiro atoms. The van der Waals surface area contributed by atoms with Gasteiger partial charge in [-0.2, -0.15) is 0 Å². The number of hydrogen-bond donors (Lipinski definition) is 1. The maximum Gasteiger partial charge on any atom is 0.188 e. The van der Waals surface area contributed by atoms with E-state index in [9.17, 15) is 0 Å². The Morgan fingerprint density at radius 1 is 1.05 bits per heavy atom. The number of rotatable bonds is 3. The minimum absolute atomic E-state index is 0.798. The third-order valence-electron chi connectivity index (χ3n) is 3.35. The number of thiazole rings is 2. The molecule has 2 aromatic heterocycles. The summed E-state index contributed by atoms with van der Waals surface area (Å²) in [5, 5.41) is 5.30. The molecule has 0 amide bonds. The summed E-state index contributed by atoms with van der Waals surface area (Å²) < 4.78 is 7.67. The van der Waals surface area contributed by atoms with Gasteiger partial charge in [0, 0.05) is 5.69 Å². The molecule has 1 N–H and O–H groups in total. The summed E-state index contributed by atoms with van der Waals surface area (Å²) in [6.45, 7) is 2.03. The van der Waals surface area contributed by atoms with E-state index in [-0.39, 0.29) is 0 Å².